The Bertz CT molecular complexity index is 668. The molecule has 1 aromatic carbocycles. The summed E-state index contributed by atoms with van der Waals surface area (Å²) in [6, 6.07) is 6.79. The van der Waals surface area contributed by atoms with Crippen molar-refractivity contribution in [3.63, 3.8) is 0 Å². The summed E-state index contributed by atoms with van der Waals surface area (Å²) < 4.78 is 18.4. The average molecular weight is 403 g/mol. The molecule has 29 heavy (non-hydrogen) atoms. The van der Waals surface area contributed by atoms with E-state index in [-0.39, 0.29) is 24.4 Å². The van der Waals surface area contributed by atoms with Gasteiger partial charge in [-0.05, 0) is 81.1 Å². The summed E-state index contributed by atoms with van der Waals surface area (Å²) in [5.41, 5.74) is 1.07. The molecule has 1 fully saturated rings. The Hall–Kier alpha value is -1.72. The Morgan fingerprint density at radius 2 is 1.93 bits per heavy atom. The van der Waals surface area contributed by atoms with Crippen molar-refractivity contribution < 1.29 is 13.9 Å². The smallest absolute Gasteiger partial charge is 0.248 e. The Labute approximate surface area is 174 Å². The molecule has 1 amide bonds. The minimum Gasteiger partial charge on any atom is -0.375 e. The van der Waals surface area contributed by atoms with E-state index >= 15 is 0 Å². The molecule has 1 heterocycles. The van der Waals surface area contributed by atoms with E-state index in [9.17, 15) is 9.18 Å². The quantitative estimate of drug-likeness (QED) is 0.618. The number of rotatable bonds is 8. The third-order valence-electron chi connectivity index (χ3n) is 6.59. The van der Waals surface area contributed by atoms with Gasteiger partial charge in [-0.2, -0.15) is 0 Å². The van der Waals surface area contributed by atoms with Gasteiger partial charge in [0, 0.05) is 26.7 Å². The molecule has 0 saturated carbocycles. The largest absolute Gasteiger partial charge is 0.375 e. The number of piperidine rings is 1. The van der Waals surface area contributed by atoms with Crippen molar-refractivity contribution in [3.05, 3.63) is 47.8 Å². The maximum atomic E-state index is 13.3. The van der Waals surface area contributed by atoms with Gasteiger partial charge in [-0.15, -0.1) is 0 Å². The van der Waals surface area contributed by atoms with Crippen LogP contribution in [-0.4, -0.2) is 62.1 Å². The van der Waals surface area contributed by atoms with Crippen LogP contribution in [0.2, 0.25) is 0 Å². The van der Waals surface area contributed by atoms with E-state index < -0.39 is 0 Å². The lowest BCUT2D eigenvalue weighted by atomic mass is 9.84. The first-order valence-electron chi connectivity index (χ1n) is 10.9. The number of carbonyl (C=O) groups is 1. The summed E-state index contributed by atoms with van der Waals surface area (Å²) in [6.07, 6.45) is 11.3. The third kappa shape index (κ3) is 6.38. The lowest BCUT2D eigenvalue weighted by molar-refractivity contribution is -0.137. The summed E-state index contributed by atoms with van der Waals surface area (Å²) in [4.78, 5) is 17.0. The standard InChI is InChI=1S/C24H35FN2O2/c1-26(24(28)18-29-2)23(16-19-8-10-22(25)11-9-19)21-12-14-27(15-13-21)17-20-6-4-3-5-7-20/h3-4,8-11,20-21,23H,5-7,12-18H2,1-2H3. The number of allylic oxidation sites excluding steroid dienone is 2. The van der Waals surface area contributed by atoms with Crippen LogP contribution in [0.3, 0.4) is 0 Å². The van der Waals surface area contributed by atoms with Gasteiger partial charge in [0.2, 0.25) is 5.91 Å². The van der Waals surface area contributed by atoms with Crippen LogP contribution < -0.4 is 0 Å². The van der Waals surface area contributed by atoms with E-state index in [0.29, 0.717) is 5.92 Å². The van der Waals surface area contributed by atoms with Gasteiger partial charge >= 0.3 is 0 Å². The Morgan fingerprint density at radius 1 is 1.21 bits per heavy atom. The number of ether oxygens (including phenoxy) is 1. The zero-order chi connectivity index (χ0) is 20.6. The van der Waals surface area contributed by atoms with E-state index in [2.05, 4.69) is 17.1 Å². The van der Waals surface area contributed by atoms with Crippen molar-refractivity contribution in [2.75, 3.05) is 40.4 Å². The molecule has 0 N–H and O–H groups in total. The number of halogens is 1. The van der Waals surface area contributed by atoms with E-state index in [1.807, 2.05) is 24.1 Å². The molecule has 160 valence electrons. The lowest BCUT2D eigenvalue weighted by Crippen LogP contribution is -2.48. The highest BCUT2D eigenvalue weighted by Gasteiger charge is 2.32. The first kappa shape index (κ1) is 22.0. The SMILES string of the molecule is COCC(=O)N(C)C(Cc1ccc(F)cc1)C1CCN(CC2CC=CCC2)CC1. The summed E-state index contributed by atoms with van der Waals surface area (Å²) in [5, 5.41) is 0. The number of benzene rings is 1. The van der Waals surface area contributed by atoms with Crippen molar-refractivity contribution in [2.24, 2.45) is 11.8 Å². The monoisotopic (exact) mass is 402 g/mol. The van der Waals surface area contributed by atoms with Crippen molar-refractivity contribution in [1.29, 1.82) is 0 Å². The number of hydrogen-bond donors (Lipinski definition) is 0. The Balaban J connectivity index is 1.61. The normalized spacial score (nSPS) is 21.8. The molecule has 0 aromatic heterocycles. The van der Waals surface area contributed by atoms with Crippen molar-refractivity contribution >= 4 is 5.91 Å². The molecule has 0 radical (unpaired) electrons. The number of methoxy groups -OCH3 is 1. The summed E-state index contributed by atoms with van der Waals surface area (Å²) >= 11 is 0. The van der Waals surface area contributed by atoms with Gasteiger partial charge in [-0.25, -0.2) is 4.39 Å². The number of carbonyl (C=O) groups excluding carboxylic acids is 1. The second-order valence-electron chi connectivity index (χ2n) is 8.62. The number of likely N-dealkylation sites (N-methyl/N-ethyl adjacent to an activating group) is 1. The fourth-order valence-electron chi connectivity index (χ4n) is 4.80. The number of likely N-dealkylation sites (tertiary alicyclic amines) is 1. The zero-order valence-electron chi connectivity index (χ0n) is 17.9. The molecule has 2 unspecified atom stereocenters. The second-order valence-corrected chi connectivity index (χ2v) is 8.62. The summed E-state index contributed by atoms with van der Waals surface area (Å²) in [7, 11) is 3.44. The topological polar surface area (TPSA) is 32.8 Å². The molecule has 1 aliphatic heterocycles. The maximum Gasteiger partial charge on any atom is 0.248 e. The predicted octanol–water partition coefficient (Wildman–Crippen LogP) is 3.91. The molecule has 3 rings (SSSR count). The second kappa shape index (κ2) is 10.9. The molecule has 1 saturated heterocycles. The Kier molecular flexibility index (Phi) is 8.25. The molecule has 5 heteroatoms. The van der Waals surface area contributed by atoms with Crippen molar-refractivity contribution in [3.8, 4) is 0 Å². The predicted molar refractivity (Wildman–Crippen MR) is 114 cm³/mol. The molecule has 1 aromatic rings. The fraction of sp³-hybridized carbons (Fsp3) is 0.625. The van der Waals surface area contributed by atoms with Gasteiger partial charge in [-0.3, -0.25) is 4.79 Å². The van der Waals surface area contributed by atoms with Gasteiger partial charge in [0.15, 0.2) is 0 Å². The highest BCUT2D eigenvalue weighted by molar-refractivity contribution is 5.77. The van der Waals surface area contributed by atoms with Gasteiger partial charge in [0.1, 0.15) is 12.4 Å². The Morgan fingerprint density at radius 3 is 2.55 bits per heavy atom. The average Bonchev–Trinajstić information content (AvgIpc) is 2.74. The van der Waals surface area contributed by atoms with Gasteiger partial charge in [0.05, 0.1) is 0 Å². The molecule has 1 aliphatic carbocycles. The van der Waals surface area contributed by atoms with E-state index in [1.54, 1.807) is 7.11 Å². The van der Waals surface area contributed by atoms with Crippen LogP contribution in [0.4, 0.5) is 4.39 Å². The maximum absolute atomic E-state index is 13.3. The summed E-state index contributed by atoms with van der Waals surface area (Å²) in [6.45, 7) is 3.48. The molecule has 2 aliphatic rings. The zero-order valence-corrected chi connectivity index (χ0v) is 17.9. The van der Waals surface area contributed by atoms with Crippen molar-refractivity contribution in [1.82, 2.24) is 9.80 Å². The van der Waals surface area contributed by atoms with Crippen LogP contribution >= 0.6 is 0 Å². The molecular formula is C24H35FN2O2. The van der Waals surface area contributed by atoms with E-state index in [1.165, 1.54) is 37.9 Å². The van der Waals surface area contributed by atoms with E-state index in [4.69, 9.17) is 4.74 Å². The molecule has 0 bridgehead atoms. The first-order chi connectivity index (χ1) is 14.1. The fourth-order valence-corrected chi connectivity index (χ4v) is 4.80. The number of nitrogens with zero attached hydrogens (tertiary/aromatic N) is 2. The van der Waals surface area contributed by atoms with E-state index in [0.717, 1.165) is 43.8 Å². The molecule has 0 spiro atoms. The minimum atomic E-state index is -0.222. The highest BCUT2D eigenvalue weighted by atomic mass is 19.1. The third-order valence-corrected chi connectivity index (χ3v) is 6.59. The van der Waals surface area contributed by atoms with Crippen molar-refractivity contribution in [2.45, 2.75) is 44.6 Å². The number of hydrogen-bond acceptors (Lipinski definition) is 3. The van der Waals surface area contributed by atoms with Crippen LogP contribution in [0.25, 0.3) is 0 Å². The lowest BCUT2D eigenvalue weighted by Gasteiger charge is -2.41. The molecule has 4 nitrogen and oxygen atoms in total. The van der Waals surface area contributed by atoms with Crippen LogP contribution in [0, 0.1) is 17.7 Å². The molecule has 2 atom stereocenters. The van der Waals surface area contributed by atoms with Crippen LogP contribution in [0.5, 0.6) is 0 Å². The van der Waals surface area contributed by atoms with Crippen LogP contribution in [0.15, 0.2) is 36.4 Å². The van der Waals surface area contributed by atoms with Crippen LogP contribution in [0.1, 0.15) is 37.7 Å². The highest BCUT2D eigenvalue weighted by Crippen LogP contribution is 2.28. The van der Waals surface area contributed by atoms with Gasteiger partial charge in [-0.1, -0.05) is 24.3 Å². The molecular weight excluding hydrogens is 367 g/mol. The van der Waals surface area contributed by atoms with Gasteiger partial charge in [0.25, 0.3) is 0 Å². The minimum absolute atomic E-state index is 0.0102. The first-order valence-corrected chi connectivity index (χ1v) is 10.9. The van der Waals surface area contributed by atoms with Gasteiger partial charge < -0.3 is 14.5 Å². The van der Waals surface area contributed by atoms with Crippen LogP contribution in [-0.2, 0) is 16.0 Å². The number of amides is 1. The summed E-state index contributed by atoms with van der Waals surface area (Å²) in [5.74, 6) is 1.03.